The van der Waals surface area contributed by atoms with Crippen molar-refractivity contribution in [3.05, 3.63) is 39.3 Å². The molecule has 0 amide bonds. The summed E-state index contributed by atoms with van der Waals surface area (Å²) in [5.41, 5.74) is -3.77. The first-order chi connectivity index (χ1) is 10.9. The van der Waals surface area contributed by atoms with E-state index in [2.05, 4.69) is 9.84 Å². The number of hydrogen-bond acceptors (Lipinski definition) is 2. The Bertz CT molecular complexity index is 760. The lowest BCUT2D eigenvalue weighted by atomic mass is 10.2. The van der Waals surface area contributed by atoms with Gasteiger partial charge >= 0.3 is 12.4 Å². The molecule has 0 N–H and O–H groups in total. The summed E-state index contributed by atoms with van der Waals surface area (Å²) in [5.74, 6) is -3.05. The summed E-state index contributed by atoms with van der Waals surface area (Å²) in [4.78, 5) is 0. The van der Waals surface area contributed by atoms with Gasteiger partial charge in [0.15, 0.2) is 5.56 Å². The quantitative estimate of drug-likeness (QED) is 0.638. The van der Waals surface area contributed by atoms with Gasteiger partial charge in [-0.15, -0.1) is 5.10 Å². The molecule has 1 heterocycles. The number of aromatic nitrogens is 2. The van der Waals surface area contributed by atoms with Crippen molar-refractivity contribution in [3.8, 4) is 11.6 Å². The average molecular weight is 397 g/mol. The van der Waals surface area contributed by atoms with Gasteiger partial charge in [0.05, 0.1) is 22.7 Å². The van der Waals surface area contributed by atoms with Gasteiger partial charge in [-0.05, 0) is 12.1 Å². The van der Waals surface area contributed by atoms with Gasteiger partial charge in [0, 0.05) is 0 Å². The summed E-state index contributed by atoms with van der Waals surface area (Å²) >= 11 is 11.3. The molecule has 3 nitrogen and oxygen atoms in total. The van der Waals surface area contributed by atoms with Crippen LogP contribution in [0.2, 0.25) is 10.0 Å². The van der Waals surface area contributed by atoms with Crippen molar-refractivity contribution in [3.63, 3.8) is 0 Å². The van der Waals surface area contributed by atoms with Crippen molar-refractivity contribution in [2.24, 2.45) is 0 Å². The Morgan fingerprint density at radius 1 is 1.00 bits per heavy atom. The van der Waals surface area contributed by atoms with E-state index in [0.717, 1.165) is 7.11 Å². The molecule has 0 aliphatic heterocycles. The molecule has 132 valence electrons. The minimum Gasteiger partial charge on any atom is -0.479 e. The van der Waals surface area contributed by atoms with Gasteiger partial charge in [0.1, 0.15) is 5.69 Å². The van der Waals surface area contributed by atoms with E-state index in [4.69, 9.17) is 23.2 Å². The number of methoxy groups -OCH3 is 1. The van der Waals surface area contributed by atoms with Crippen LogP contribution in [0.5, 0.6) is 5.88 Å². The predicted molar refractivity (Wildman–Crippen MR) is 70.1 cm³/mol. The van der Waals surface area contributed by atoms with E-state index >= 15 is 0 Å². The van der Waals surface area contributed by atoms with Crippen LogP contribution in [0.1, 0.15) is 11.1 Å². The molecule has 0 bridgehead atoms. The van der Waals surface area contributed by atoms with Crippen LogP contribution in [0.25, 0.3) is 5.69 Å². The fourth-order valence-electron chi connectivity index (χ4n) is 1.84. The summed E-state index contributed by atoms with van der Waals surface area (Å²) in [6, 6.07) is 0.785. The molecule has 0 aliphatic carbocycles. The van der Waals surface area contributed by atoms with Crippen molar-refractivity contribution in [2.75, 3.05) is 7.11 Å². The zero-order valence-corrected chi connectivity index (χ0v) is 12.9. The number of rotatable bonds is 2. The van der Waals surface area contributed by atoms with E-state index < -0.39 is 51.0 Å². The zero-order valence-electron chi connectivity index (χ0n) is 11.4. The van der Waals surface area contributed by atoms with E-state index in [1.54, 1.807) is 0 Å². The van der Waals surface area contributed by atoms with Crippen molar-refractivity contribution in [1.82, 2.24) is 9.78 Å². The fourth-order valence-corrected chi connectivity index (χ4v) is 2.49. The Morgan fingerprint density at radius 2 is 1.50 bits per heavy atom. The molecule has 0 saturated carbocycles. The first-order valence-corrected chi connectivity index (χ1v) is 6.59. The molecule has 24 heavy (non-hydrogen) atoms. The van der Waals surface area contributed by atoms with Gasteiger partial charge < -0.3 is 4.74 Å². The lowest BCUT2D eigenvalue weighted by molar-refractivity contribution is -0.141. The molecule has 0 fully saturated rings. The second-order valence-electron chi connectivity index (χ2n) is 4.37. The van der Waals surface area contributed by atoms with Crippen LogP contribution in [-0.2, 0) is 12.4 Å². The zero-order chi connectivity index (χ0) is 18.4. The third kappa shape index (κ3) is 3.25. The van der Waals surface area contributed by atoms with Crippen LogP contribution in [-0.4, -0.2) is 16.9 Å². The highest BCUT2D eigenvalue weighted by Gasteiger charge is 2.43. The molecular weight excluding hydrogens is 392 g/mol. The predicted octanol–water partition coefficient (Wildman–Crippen LogP) is 5.36. The summed E-state index contributed by atoms with van der Waals surface area (Å²) in [6.07, 6.45) is -9.96. The molecule has 0 atom stereocenters. The number of ether oxygens (including phenoxy) is 1. The topological polar surface area (TPSA) is 27.1 Å². The highest BCUT2D eigenvalue weighted by molar-refractivity contribution is 6.37. The van der Waals surface area contributed by atoms with Crippen molar-refractivity contribution in [2.45, 2.75) is 12.4 Å². The van der Waals surface area contributed by atoms with Crippen molar-refractivity contribution in [1.29, 1.82) is 0 Å². The lowest BCUT2D eigenvalue weighted by Gasteiger charge is -2.12. The molecule has 0 saturated heterocycles. The van der Waals surface area contributed by atoms with E-state index in [1.165, 1.54) is 0 Å². The van der Waals surface area contributed by atoms with Crippen LogP contribution < -0.4 is 4.74 Å². The van der Waals surface area contributed by atoms with Gasteiger partial charge in [-0.1, -0.05) is 23.2 Å². The Hall–Kier alpha value is -1.68. The van der Waals surface area contributed by atoms with Gasteiger partial charge in [0.2, 0.25) is 11.8 Å². The second-order valence-corrected chi connectivity index (χ2v) is 5.19. The molecule has 0 unspecified atom stereocenters. The molecule has 2 aromatic rings. The van der Waals surface area contributed by atoms with Gasteiger partial charge in [-0.25, -0.2) is 0 Å². The first kappa shape index (κ1) is 18.7. The number of nitrogens with zero attached hydrogens (tertiary/aromatic N) is 2. The van der Waals surface area contributed by atoms with Crippen molar-refractivity contribution < 1.29 is 35.5 Å². The number of alkyl halides is 6. The Morgan fingerprint density at radius 3 is 1.83 bits per heavy atom. The van der Waals surface area contributed by atoms with Crippen LogP contribution >= 0.6 is 23.2 Å². The smallest absolute Gasteiger partial charge is 0.426 e. The Kier molecular flexibility index (Phi) is 4.66. The number of benzene rings is 1. The normalized spacial score (nSPS) is 12.6. The van der Waals surface area contributed by atoms with Gasteiger partial charge in [-0.2, -0.15) is 35.4 Å². The number of hydrogen-bond donors (Lipinski definition) is 0. The number of halogens is 9. The van der Waals surface area contributed by atoms with Crippen LogP contribution in [0, 0.1) is 5.95 Å². The summed E-state index contributed by atoms with van der Waals surface area (Å²) in [6.45, 7) is 0. The molecule has 2 rings (SSSR count). The van der Waals surface area contributed by atoms with E-state index in [1.807, 2.05) is 0 Å². The second kappa shape index (κ2) is 5.99. The fraction of sp³-hybridized carbons (Fsp3) is 0.250. The standard InChI is InChI=1S/C12H5Cl2F7N2O/c1-24-10-7(12(19,20)21)9(15)23(22-10)8-5(13)2-4(3-6(8)14)11(16,17)18/h2-3H,1H3. The lowest BCUT2D eigenvalue weighted by Crippen LogP contribution is -2.11. The SMILES string of the molecule is COc1nn(-c2c(Cl)cc(C(F)(F)F)cc2Cl)c(F)c1C(F)(F)F. The van der Waals surface area contributed by atoms with E-state index in [9.17, 15) is 30.7 Å². The third-order valence-electron chi connectivity index (χ3n) is 2.83. The summed E-state index contributed by atoms with van der Waals surface area (Å²) in [7, 11) is 0.817. The Labute approximate surface area is 139 Å². The molecule has 1 aromatic carbocycles. The largest absolute Gasteiger partial charge is 0.479 e. The molecule has 1 aromatic heterocycles. The maximum atomic E-state index is 14.1. The average Bonchev–Trinajstić information content (AvgIpc) is 2.74. The molecule has 0 radical (unpaired) electrons. The third-order valence-corrected chi connectivity index (χ3v) is 3.41. The molecule has 0 aliphatic rings. The Balaban J connectivity index is 2.73. The first-order valence-electron chi connectivity index (χ1n) is 5.84. The van der Waals surface area contributed by atoms with Crippen molar-refractivity contribution >= 4 is 23.2 Å². The minimum atomic E-state index is -5.15. The highest BCUT2D eigenvalue weighted by Crippen LogP contribution is 2.42. The molecular formula is C12H5Cl2F7N2O. The highest BCUT2D eigenvalue weighted by atomic mass is 35.5. The van der Waals surface area contributed by atoms with Gasteiger partial charge in [-0.3, -0.25) is 0 Å². The maximum absolute atomic E-state index is 14.1. The van der Waals surface area contributed by atoms with E-state index in [0.29, 0.717) is 12.1 Å². The van der Waals surface area contributed by atoms with Crippen LogP contribution in [0.15, 0.2) is 12.1 Å². The molecule has 12 heteroatoms. The van der Waals surface area contributed by atoms with Gasteiger partial charge in [0.25, 0.3) is 0 Å². The monoisotopic (exact) mass is 396 g/mol. The van der Waals surface area contributed by atoms with E-state index in [-0.39, 0.29) is 4.68 Å². The molecule has 0 spiro atoms. The summed E-state index contributed by atoms with van der Waals surface area (Å²) in [5, 5.41) is 1.74. The van der Waals surface area contributed by atoms with Crippen LogP contribution in [0.4, 0.5) is 30.7 Å². The maximum Gasteiger partial charge on any atom is 0.426 e. The summed E-state index contributed by atoms with van der Waals surface area (Å²) < 4.78 is 95.1. The minimum absolute atomic E-state index is 0.0342. The van der Waals surface area contributed by atoms with Crippen LogP contribution in [0.3, 0.4) is 0 Å².